The van der Waals surface area contributed by atoms with E-state index in [0.717, 1.165) is 18.4 Å². The predicted molar refractivity (Wildman–Crippen MR) is 134 cm³/mol. The molecule has 2 atom stereocenters. The van der Waals surface area contributed by atoms with Crippen LogP contribution in [0.2, 0.25) is 0 Å². The maximum absolute atomic E-state index is 13.6. The molecule has 188 valence electrons. The lowest BCUT2D eigenvalue weighted by Crippen LogP contribution is -2.57. The molecule has 0 saturated heterocycles. The van der Waals surface area contributed by atoms with Crippen molar-refractivity contribution < 1.29 is 34.2 Å². The largest absolute Gasteiger partial charge is 0.491 e. The SMILES string of the molecule is NC(=O)CN(C(=O)c1ccc2c(c1)B(O)OC2)C1CCCC[C@H]1NC(=O)c1ccc(CO)c(BO)c1. The number of amides is 3. The summed E-state index contributed by atoms with van der Waals surface area (Å²) < 4.78 is 5.21. The van der Waals surface area contributed by atoms with Crippen LogP contribution in [0.15, 0.2) is 36.4 Å². The first-order chi connectivity index (χ1) is 17.3. The lowest BCUT2D eigenvalue weighted by Gasteiger charge is -2.40. The van der Waals surface area contributed by atoms with E-state index in [4.69, 9.17) is 10.4 Å². The normalized spacial score (nSPS) is 18.9. The molecule has 0 radical (unpaired) electrons. The number of hydrogen-bond acceptors (Lipinski definition) is 7. The average Bonchev–Trinajstić information content (AvgIpc) is 3.26. The predicted octanol–water partition coefficient (Wildman–Crippen LogP) is -1.97. The molecule has 1 unspecified atom stereocenters. The third-order valence-electron chi connectivity index (χ3n) is 6.90. The van der Waals surface area contributed by atoms with Gasteiger partial charge >= 0.3 is 14.6 Å². The van der Waals surface area contributed by atoms with E-state index in [9.17, 15) is 29.5 Å². The molecular formula is C24H29B2N3O7. The van der Waals surface area contributed by atoms with Crippen LogP contribution >= 0.6 is 0 Å². The van der Waals surface area contributed by atoms with Crippen LogP contribution < -0.4 is 22.0 Å². The molecule has 6 N–H and O–H groups in total. The van der Waals surface area contributed by atoms with Gasteiger partial charge in [-0.1, -0.05) is 31.0 Å². The van der Waals surface area contributed by atoms with Crippen molar-refractivity contribution in [3.8, 4) is 0 Å². The van der Waals surface area contributed by atoms with Crippen LogP contribution in [0, 0.1) is 0 Å². The van der Waals surface area contributed by atoms with Crippen molar-refractivity contribution in [1.29, 1.82) is 0 Å². The summed E-state index contributed by atoms with van der Waals surface area (Å²) in [6, 6.07) is 8.72. The summed E-state index contributed by atoms with van der Waals surface area (Å²) in [6.45, 7) is -0.311. The van der Waals surface area contributed by atoms with Gasteiger partial charge in [-0.2, -0.15) is 0 Å². The number of nitrogens with two attached hydrogens (primary N) is 1. The first-order valence-corrected chi connectivity index (χ1v) is 12.0. The van der Waals surface area contributed by atoms with Crippen LogP contribution in [0.1, 0.15) is 57.5 Å². The number of aliphatic hydroxyl groups excluding tert-OH is 1. The second-order valence-electron chi connectivity index (χ2n) is 9.21. The summed E-state index contributed by atoms with van der Waals surface area (Å²) in [5, 5.41) is 32.0. The third-order valence-corrected chi connectivity index (χ3v) is 6.90. The number of hydrogen-bond donors (Lipinski definition) is 5. The van der Waals surface area contributed by atoms with Crippen molar-refractivity contribution in [2.45, 2.75) is 51.0 Å². The summed E-state index contributed by atoms with van der Waals surface area (Å²) in [5.74, 6) is -1.47. The number of carbonyl (C=O) groups excluding carboxylic acids is 3. The molecule has 3 amide bonds. The van der Waals surface area contributed by atoms with Crippen LogP contribution in [0.3, 0.4) is 0 Å². The lowest BCUT2D eigenvalue weighted by atomic mass is 9.78. The molecule has 1 fully saturated rings. The second kappa shape index (κ2) is 11.3. The number of benzene rings is 2. The van der Waals surface area contributed by atoms with Crippen molar-refractivity contribution >= 4 is 43.2 Å². The van der Waals surface area contributed by atoms with Crippen LogP contribution in [0.5, 0.6) is 0 Å². The summed E-state index contributed by atoms with van der Waals surface area (Å²) in [6.07, 6.45) is 2.84. The van der Waals surface area contributed by atoms with E-state index < -0.39 is 31.0 Å². The minimum atomic E-state index is -1.11. The van der Waals surface area contributed by atoms with Crippen molar-refractivity contribution in [3.63, 3.8) is 0 Å². The zero-order valence-corrected chi connectivity index (χ0v) is 19.9. The standard InChI is InChI=1S/C24H29B2N3O7/c27-22(31)11-29(24(33)15-6-8-17-13-36-26(35)19(17)10-15)21-4-2-1-3-20(21)28-23(32)14-5-7-16(12-30)18(9-14)25-34/h5-10,20-21,25,30,34-35H,1-4,11-13H2,(H2,27,31)(H,28,32)/t20-,21?/m1/s1. The quantitative estimate of drug-likeness (QED) is 0.267. The van der Waals surface area contributed by atoms with Crippen LogP contribution in [-0.4, -0.2) is 71.0 Å². The van der Waals surface area contributed by atoms with E-state index in [-0.39, 0.29) is 33.1 Å². The Labute approximate surface area is 209 Å². The second-order valence-corrected chi connectivity index (χ2v) is 9.21. The molecule has 2 aromatic rings. The van der Waals surface area contributed by atoms with Gasteiger partial charge in [0.05, 0.1) is 25.8 Å². The highest BCUT2D eigenvalue weighted by molar-refractivity contribution is 6.61. The van der Waals surface area contributed by atoms with E-state index in [1.165, 1.54) is 11.0 Å². The maximum Gasteiger partial charge on any atom is 0.491 e. The number of carbonyl (C=O) groups is 3. The number of nitrogens with one attached hydrogen (secondary N) is 1. The molecule has 10 nitrogen and oxygen atoms in total. The monoisotopic (exact) mass is 493 g/mol. The molecule has 4 rings (SSSR count). The van der Waals surface area contributed by atoms with Crippen LogP contribution in [0.4, 0.5) is 0 Å². The van der Waals surface area contributed by atoms with E-state index >= 15 is 0 Å². The zero-order chi connectivity index (χ0) is 25.8. The van der Waals surface area contributed by atoms with Crippen LogP contribution in [-0.2, 0) is 22.7 Å². The molecule has 1 aliphatic heterocycles. The first-order valence-electron chi connectivity index (χ1n) is 12.0. The minimum absolute atomic E-state index is 0.251. The fourth-order valence-corrected chi connectivity index (χ4v) is 4.99. The van der Waals surface area contributed by atoms with Gasteiger partial charge in [-0.3, -0.25) is 14.4 Å². The Bertz CT molecular complexity index is 1160. The molecule has 0 spiro atoms. The summed E-state index contributed by atoms with van der Waals surface area (Å²) >= 11 is 0. The molecule has 2 aliphatic rings. The van der Waals surface area contributed by atoms with Gasteiger partial charge in [0.1, 0.15) is 0 Å². The highest BCUT2D eigenvalue weighted by Gasteiger charge is 2.36. The third kappa shape index (κ3) is 5.46. The molecule has 0 bridgehead atoms. The molecule has 1 saturated carbocycles. The van der Waals surface area contributed by atoms with Crippen molar-refractivity contribution in [3.05, 3.63) is 58.7 Å². The molecule has 0 aromatic heterocycles. The van der Waals surface area contributed by atoms with Gasteiger partial charge in [0.15, 0.2) is 0 Å². The Kier molecular flexibility index (Phi) is 8.10. The maximum atomic E-state index is 13.6. The number of fused-ring (bicyclic) bond motifs is 1. The Balaban J connectivity index is 1.58. The fraction of sp³-hybridized carbons (Fsp3) is 0.375. The van der Waals surface area contributed by atoms with Gasteiger partial charge in [0, 0.05) is 17.2 Å². The molecule has 12 heteroatoms. The van der Waals surface area contributed by atoms with Crippen molar-refractivity contribution in [2.24, 2.45) is 5.73 Å². The van der Waals surface area contributed by atoms with Crippen molar-refractivity contribution in [2.75, 3.05) is 6.54 Å². The van der Waals surface area contributed by atoms with Gasteiger partial charge in [0.25, 0.3) is 11.8 Å². The molecule has 1 heterocycles. The zero-order valence-electron chi connectivity index (χ0n) is 19.9. The molecular weight excluding hydrogens is 464 g/mol. The Morgan fingerprint density at radius 3 is 2.61 bits per heavy atom. The average molecular weight is 493 g/mol. The van der Waals surface area contributed by atoms with Crippen LogP contribution in [0.25, 0.3) is 0 Å². The molecule has 36 heavy (non-hydrogen) atoms. The smallest absolute Gasteiger partial charge is 0.449 e. The molecule has 1 aliphatic carbocycles. The van der Waals surface area contributed by atoms with E-state index in [1.54, 1.807) is 30.3 Å². The van der Waals surface area contributed by atoms with E-state index in [0.29, 0.717) is 40.5 Å². The summed E-state index contributed by atoms with van der Waals surface area (Å²) in [4.78, 5) is 40.0. The van der Waals surface area contributed by atoms with Gasteiger partial charge in [-0.15, -0.1) is 0 Å². The number of nitrogens with zero attached hydrogens (tertiary/aromatic N) is 1. The van der Waals surface area contributed by atoms with Gasteiger partial charge in [0.2, 0.25) is 5.91 Å². The Morgan fingerprint density at radius 1 is 1.14 bits per heavy atom. The van der Waals surface area contributed by atoms with E-state index in [2.05, 4.69) is 5.32 Å². The highest BCUT2D eigenvalue weighted by atomic mass is 16.5. The Morgan fingerprint density at radius 2 is 1.89 bits per heavy atom. The summed E-state index contributed by atoms with van der Waals surface area (Å²) in [7, 11) is -1.43. The minimum Gasteiger partial charge on any atom is -0.449 e. The Hall–Kier alpha value is -3.18. The fourth-order valence-electron chi connectivity index (χ4n) is 4.99. The number of aliphatic hydroxyl groups is 1. The first kappa shape index (κ1) is 25.9. The van der Waals surface area contributed by atoms with Gasteiger partial charge < -0.3 is 35.8 Å². The number of rotatable bonds is 8. The van der Waals surface area contributed by atoms with Gasteiger partial charge in [-0.25, -0.2) is 0 Å². The van der Waals surface area contributed by atoms with Crippen molar-refractivity contribution in [1.82, 2.24) is 10.2 Å². The molecule has 2 aromatic carbocycles. The van der Waals surface area contributed by atoms with Gasteiger partial charge in [-0.05, 0) is 53.1 Å². The number of primary amides is 1. The van der Waals surface area contributed by atoms with E-state index in [1.807, 2.05) is 0 Å². The topological polar surface area (TPSA) is 162 Å². The lowest BCUT2D eigenvalue weighted by molar-refractivity contribution is -0.119. The summed E-state index contributed by atoms with van der Waals surface area (Å²) in [5.41, 5.74) is 8.41. The highest BCUT2D eigenvalue weighted by Crippen LogP contribution is 2.26.